The van der Waals surface area contributed by atoms with Gasteiger partial charge in [-0.05, 0) is 6.92 Å². The lowest BCUT2D eigenvalue weighted by Gasteiger charge is -2.12. The minimum Gasteiger partial charge on any atom is -0.439 e. The lowest BCUT2D eigenvalue weighted by atomic mass is 10.2. The topological polar surface area (TPSA) is 85.7 Å². The van der Waals surface area contributed by atoms with Gasteiger partial charge in [0.25, 0.3) is 0 Å². The van der Waals surface area contributed by atoms with Gasteiger partial charge in [-0.15, -0.1) is 24.0 Å². The molecule has 0 saturated heterocycles. The van der Waals surface area contributed by atoms with Crippen LogP contribution < -0.4 is 11.1 Å². The Balaban J connectivity index is 0.00000242. The van der Waals surface area contributed by atoms with Crippen LogP contribution in [0.4, 0.5) is 0 Å². The summed E-state index contributed by atoms with van der Waals surface area (Å²) in [6.45, 7) is 2.82. The van der Waals surface area contributed by atoms with Crippen molar-refractivity contribution in [1.29, 1.82) is 0 Å². The Morgan fingerprint density at radius 2 is 2.14 bits per heavy atom. The number of nitrogens with zero attached hydrogens (tertiary/aromatic N) is 2. The van der Waals surface area contributed by atoms with Gasteiger partial charge in [0.15, 0.2) is 11.7 Å². The highest BCUT2D eigenvalue weighted by Gasteiger charge is 2.06. The molecule has 0 radical (unpaired) electrons. The fourth-order valence-electron chi connectivity index (χ4n) is 1.86. The molecule has 22 heavy (non-hydrogen) atoms. The smallest absolute Gasteiger partial charge is 0.216 e. The molecule has 7 heteroatoms. The van der Waals surface area contributed by atoms with Crippen LogP contribution in [0.1, 0.15) is 12.8 Å². The predicted octanol–water partition coefficient (Wildman–Crippen LogP) is 2.40. The molecule has 1 atom stereocenters. The Kier molecular flexibility index (Phi) is 7.89. The van der Waals surface area contributed by atoms with E-state index in [0.29, 0.717) is 25.0 Å². The molecular formula is C15H21IN4O2. The molecule has 0 saturated carbocycles. The van der Waals surface area contributed by atoms with E-state index in [1.807, 2.05) is 37.3 Å². The van der Waals surface area contributed by atoms with E-state index in [2.05, 4.69) is 15.3 Å². The number of halogens is 1. The number of guanidine groups is 1. The standard InChI is InChI=1S/C15H20N4O2.HI/c1-11(10-20-2)19-15(16)18-9-14-17-8-13(21-14)12-6-4-3-5-7-12;/h3-8,11H,9-10H2,1-2H3,(H3,16,18,19);1H. The Morgan fingerprint density at radius 3 is 2.82 bits per heavy atom. The van der Waals surface area contributed by atoms with Crippen LogP contribution in [0.3, 0.4) is 0 Å². The first-order valence-corrected chi connectivity index (χ1v) is 6.74. The second kappa shape index (κ2) is 9.42. The Bertz CT molecular complexity index is 586. The first-order valence-electron chi connectivity index (χ1n) is 6.74. The van der Waals surface area contributed by atoms with Crippen LogP contribution in [-0.4, -0.2) is 30.7 Å². The van der Waals surface area contributed by atoms with Crippen LogP contribution in [0.25, 0.3) is 11.3 Å². The molecule has 1 heterocycles. The zero-order chi connectivity index (χ0) is 15.1. The van der Waals surface area contributed by atoms with Gasteiger partial charge in [0.2, 0.25) is 5.89 Å². The zero-order valence-corrected chi connectivity index (χ0v) is 15.0. The fraction of sp³-hybridized carbons (Fsp3) is 0.333. The van der Waals surface area contributed by atoms with Crippen LogP contribution in [0, 0.1) is 0 Å². The van der Waals surface area contributed by atoms with Gasteiger partial charge in [-0.1, -0.05) is 30.3 Å². The molecule has 1 aromatic carbocycles. The summed E-state index contributed by atoms with van der Waals surface area (Å²) in [6.07, 6.45) is 1.69. The normalized spacial score (nSPS) is 12.5. The van der Waals surface area contributed by atoms with Gasteiger partial charge < -0.3 is 20.2 Å². The van der Waals surface area contributed by atoms with Crippen LogP contribution in [0.5, 0.6) is 0 Å². The molecule has 0 bridgehead atoms. The van der Waals surface area contributed by atoms with Gasteiger partial charge in [0.1, 0.15) is 6.54 Å². The third-order valence-corrected chi connectivity index (χ3v) is 2.81. The average molecular weight is 416 g/mol. The summed E-state index contributed by atoms with van der Waals surface area (Å²) in [7, 11) is 1.64. The molecule has 3 N–H and O–H groups in total. The molecule has 0 fully saturated rings. The van der Waals surface area contributed by atoms with Crippen molar-refractivity contribution in [3.8, 4) is 11.3 Å². The van der Waals surface area contributed by atoms with E-state index in [9.17, 15) is 0 Å². The molecule has 6 nitrogen and oxygen atoms in total. The third kappa shape index (κ3) is 5.64. The van der Waals surface area contributed by atoms with Crippen molar-refractivity contribution in [3.05, 3.63) is 42.4 Å². The number of ether oxygens (including phenoxy) is 1. The van der Waals surface area contributed by atoms with Gasteiger partial charge in [-0.3, -0.25) is 0 Å². The molecule has 0 aliphatic heterocycles. The molecule has 120 valence electrons. The van der Waals surface area contributed by atoms with E-state index in [-0.39, 0.29) is 30.0 Å². The van der Waals surface area contributed by atoms with Crippen molar-refractivity contribution in [3.63, 3.8) is 0 Å². The number of hydrogen-bond donors (Lipinski definition) is 2. The second-order valence-electron chi connectivity index (χ2n) is 4.69. The molecule has 0 aliphatic carbocycles. The van der Waals surface area contributed by atoms with Crippen LogP contribution in [-0.2, 0) is 11.3 Å². The van der Waals surface area contributed by atoms with Crippen molar-refractivity contribution in [2.45, 2.75) is 19.5 Å². The van der Waals surface area contributed by atoms with Crippen LogP contribution in [0.15, 0.2) is 45.9 Å². The summed E-state index contributed by atoms with van der Waals surface area (Å²) in [4.78, 5) is 8.39. The first kappa shape index (κ1) is 18.4. The minimum atomic E-state index is 0. The third-order valence-electron chi connectivity index (χ3n) is 2.81. The first-order chi connectivity index (χ1) is 10.2. The summed E-state index contributed by atoms with van der Waals surface area (Å²) in [5.74, 6) is 1.59. The number of nitrogens with two attached hydrogens (primary N) is 1. The maximum atomic E-state index is 5.78. The maximum Gasteiger partial charge on any atom is 0.216 e. The number of aliphatic imine (C=N–C) groups is 1. The Morgan fingerprint density at radius 1 is 1.41 bits per heavy atom. The minimum absolute atomic E-state index is 0. The molecule has 2 aromatic rings. The maximum absolute atomic E-state index is 5.78. The molecular weight excluding hydrogens is 395 g/mol. The zero-order valence-electron chi connectivity index (χ0n) is 12.7. The number of oxazole rings is 1. The molecule has 1 unspecified atom stereocenters. The molecule has 1 aromatic heterocycles. The van der Waals surface area contributed by atoms with E-state index >= 15 is 0 Å². The molecule has 2 rings (SSSR count). The second-order valence-corrected chi connectivity index (χ2v) is 4.69. The number of methoxy groups -OCH3 is 1. The predicted molar refractivity (Wildman–Crippen MR) is 97.2 cm³/mol. The molecule has 0 aliphatic rings. The van der Waals surface area contributed by atoms with Crippen molar-refractivity contribution in [1.82, 2.24) is 10.3 Å². The van der Waals surface area contributed by atoms with Gasteiger partial charge in [-0.25, -0.2) is 9.98 Å². The van der Waals surface area contributed by atoms with Gasteiger partial charge in [0, 0.05) is 18.7 Å². The summed E-state index contributed by atoms with van der Waals surface area (Å²) in [5, 5.41) is 3.02. The number of nitrogens with one attached hydrogen (secondary N) is 1. The highest BCUT2D eigenvalue weighted by Crippen LogP contribution is 2.19. The van der Waals surface area contributed by atoms with Gasteiger partial charge in [0.05, 0.1) is 12.8 Å². The van der Waals surface area contributed by atoms with Crippen molar-refractivity contribution < 1.29 is 9.15 Å². The Hall–Kier alpha value is -1.61. The van der Waals surface area contributed by atoms with Gasteiger partial charge in [-0.2, -0.15) is 0 Å². The van der Waals surface area contributed by atoms with E-state index in [0.717, 1.165) is 11.3 Å². The van der Waals surface area contributed by atoms with E-state index in [4.69, 9.17) is 14.9 Å². The largest absolute Gasteiger partial charge is 0.439 e. The van der Waals surface area contributed by atoms with E-state index < -0.39 is 0 Å². The van der Waals surface area contributed by atoms with Crippen molar-refractivity contribution in [2.75, 3.05) is 13.7 Å². The Labute approximate surface area is 147 Å². The summed E-state index contributed by atoms with van der Waals surface area (Å²) < 4.78 is 10.7. The van der Waals surface area contributed by atoms with Gasteiger partial charge >= 0.3 is 0 Å². The summed E-state index contributed by atoms with van der Waals surface area (Å²) >= 11 is 0. The van der Waals surface area contributed by atoms with Crippen LogP contribution >= 0.6 is 24.0 Å². The number of benzene rings is 1. The molecule has 0 spiro atoms. The summed E-state index contributed by atoms with van der Waals surface area (Å²) in [5.41, 5.74) is 6.77. The lowest BCUT2D eigenvalue weighted by Crippen LogP contribution is -2.40. The van der Waals surface area contributed by atoms with Crippen LogP contribution in [0.2, 0.25) is 0 Å². The number of aromatic nitrogens is 1. The highest BCUT2D eigenvalue weighted by molar-refractivity contribution is 14.0. The summed E-state index contributed by atoms with van der Waals surface area (Å²) in [6, 6.07) is 9.90. The number of hydrogen-bond acceptors (Lipinski definition) is 4. The highest BCUT2D eigenvalue weighted by atomic mass is 127. The monoisotopic (exact) mass is 416 g/mol. The lowest BCUT2D eigenvalue weighted by molar-refractivity contribution is 0.179. The fourth-order valence-corrected chi connectivity index (χ4v) is 1.86. The molecule has 0 amide bonds. The van der Waals surface area contributed by atoms with Crippen molar-refractivity contribution >= 4 is 29.9 Å². The average Bonchev–Trinajstić information content (AvgIpc) is 2.95. The van der Waals surface area contributed by atoms with E-state index in [1.54, 1.807) is 13.3 Å². The SMILES string of the molecule is COCC(C)NC(N)=NCc1ncc(-c2ccccc2)o1.I. The number of rotatable bonds is 6. The quantitative estimate of drug-likeness (QED) is 0.429. The van der Waals surface area contributed by atoms with E-state index in [1.165, 1.54) is 0 Å². The van der Waals surface area contributed by atoms with Crippen molar-refractivity contribution in [2.24, 2.45) is 10.7 Å².